The van der Waals surface area contributed by atoms with E-state index in [0.717, 1.165) is 18.5 Å². The zero-order chi connectivity index (χ0) is 11.4. The predicted molar refractivity (Wildman–Crippen MR) is 62.3 cm³/mol. The molecule has 1 aromatic carbocycles. The van der Waals surface area contributed by atoms with Gasteiger partial charge < -0.3 is 10.1 Å². The van der Waals surface area contributed by atoms with Crippen LogP contribution in [0.5, 0.6) is 0 Å². The highest BCUT2D eigenvalue weighted by molar-refractivity contribution is 5.29. The Bertz CT molecular complexity index is 348. The summed E-state index contributed by atoms with van der Waals surface area (Å²) in [7, 11) is 1.92. The summed E-state index contributed by atoms with van der Waals surface area (Å²) in [4.78, 5) is 0. The van der Waals surface area contributed by atoms with Crippen molar-refractivity contribution in [3.8, 4) is 0 Å². The van der Waals surface area contributed by atoms with Crippen LogP contribution in [0.15, 0.2) is 24.3 Å². The van der Waals surface area contributed by atoms with Gasteiger partial charge in [-0.2, -0.15) is 0 Å². The Balaban J connectivity index is 2.15. The SMILES string of the molecule is CNCCc1cccc(C2(F)CCOC2)c1. The third-order valence-electron chi connectivity index (χ3n) is 3.08. The number of nitrogens with one attached hydrogen (secondary N) is 1. The van der Waals surface area contributed by atoms with Crippen molar-refractivity contribution in [1.29, 1.82) is 0 Å². The molecule has 88 valence electrons. The van der Waals surface area contributed by atoms with Crippen molar-refractivity contribution >= 4 is 0 Å². The Labute approximate surface area is 95.8 Å². The van der Waals surface area contributed by atoms with Gasteiger partial charge in [0.25, 0.3) is 0 Å². The molecular formula is C13H18FNO. The number of ether oxygens (including phenoxy) is 1. The second-order valence-corrected chi connectivity index (χ2v) is 4.32. The van der Waals surface area contributed by atoms with Gasteiger partial charge in [0, 0.05) is 6.42 Å². The smallest absolute Gasteiger partial charge is 0.161 e. The normalized spacial score (nSPS) is 24.9. The standard InChI is InChI=1S/C13H18FNO/c1-15-7-5-11-3-2-4-12(9-11)13(14)6-8-16-10-13/h2-4,9,15H,5-8,10H2,1H3. The molecule has 0 amide bonds. The van der Waals surface area contributed by atoms with Crippen LogP contribution >= 0.6 is 0 Å². The summed E-state index contributed by atoms with van der Waals surface area (Å²) in [5.41, 5.74) is 0.671. The summed E-state index contributed by atoms with van der Waals surface area (Å²) in [5, 5.41) is 3.10. The minimum atomic E-state index is -1.27. The molecule has 1 N–H and O–H groups in total. The number of hydrogen-bond donors (Lipinski definition) is 1. The van der Waals surface area contributed by atoms with Gasteiger partial charge in [0.1, 0.15) is 0 Å². The Morgan fingerprint density at radius 1 is 1.50 bits per heavy atom. The first-order valence-electron chi connectivity index (χ1n) is 5.75. The summed E-state index contributed by atoms with van der Waals surface area (Å²) in [5.74, 6) is 0. The third-order valence-corrected chi connectivity index (χ3v) is 3.08. The Hall–Kier alpha value is -0.930. The van der Waals surface area contributed by atoms with Gasteiger partial charge in [0.15, 0.2) is 5.67 Å². The van der Waals surface area contributed by atoms with Crippen molar-refractivity contribution in [2.75, 3.05) is 26.8 Å². The zero-order valence-corrected chi connectivity index (χ0v) is 9.63. The molecule has 0 radical (unpaired) electrons. The third kappa shape index (κ3) is 2.42. The van der Waals surface area contributed by atoms with E-state index in [0.29, 0.717) is 13.0 Å². The molecule has 2 rings (SSSR count). The second-order valence-electron chi connectivity index (χ2n) is 4.32. The van der Waals surface area contributed by atoms with Crippen LogP contribution in [0.4, 0.5) is 4.39 Å². The maximum atomic E-state index is 14.4. The van der Waals surface area contributed by atoms with Crippen LogP contribution in [-0.2, 0) is 16.8 Å². The quantitative estimate of drug-likeness (QED) is 0.843. The van der Waals surface area contributed by atoms with Crippen LogP contribution in [-0.4, -0.2) is 26.8 Å². The van der Waals surface area contributed by atoms with Gasteiger partial charge in [0.2, 0.25) is 0 Å². The number of alkyl halides is 1. The molecule has 1 atom stereocenters. The summed E-state index contributed by atoms with van der Waals surface area (Å²) in [6, 6.07) is 7.80. The number of rotatable bonds is 4. The van der Waals surface area contributed by atoms with Crippen LogP contribution in [0.25, 0.3) is 0 Å². The first-order valence-corrected chi connectivity index (χ1v) is 5.75. The van der Waals surface area contributed by atoms with E-state index in [1.54, 1.807) is 0 Å². The van der Waals surface area contributed by atoms with Crippen molar-refractivity contribution in [3.05, 3.63) is 35.4 Å². The lowest BCUT2D eigenvalue weighted by atomic mass is 9.93. The van der Waals surface area contributed by atoms with Crippen molar-refractivity contribution < 1.29 is 9.13 Å². The van der Waals surface area contributed by atoms with Crippen LogP contribution < -0.4 is 5.32 Å². The number of hydrogen-bond acceptors (Lipinski definition) is 2. The Kier molecular flexibility index (Phi) is 3.56. The van der Waals surface area contributed by atoms with E-state index < -0.39 is 5.67 Å². The van der Waals surface area contributed by atoms with Gasteiger partial charge >= 0.3 is 0 Å². The summed E-state index contributed by atoms with van der Waals surface area (Å²) in [6.07, 6.45) is 1.41. The molecule has 1 aliphatic rings. The monoisotopic (exact) mass is 223 g/mol. The van der Waals surface area contributed by atoms with Gasteiger partial charge in [-0.25, -0.2) is 4.39 Å². The molecule has 0 bridgehead atoms. The average Bonchev–Trinajstić information content (AvgIpc) is 2.75. The van der Waals surface area contributed by atoms with Crippen LogP contribution in [0.2, 0.25) is 0 Å². The average molecular weight is 223 g/mol. The topological polar surface area (TPSA) is 21.3 Å². The molecule has 1 aromatic rings. The van der Waals surface area contributed by atoms with E-state index >= 15 is 0 Å². The summed E-state index contributed by atoms with van der Waals surface area (Å²) in [6.45, 7) is 1.64. The zero-order valence-electron chi connectivity index (χ0n) is 9.63. The number of likely N-dealkylation sites (N-methyl/N-ethyl adjacent to an activating group) is 1. The first kappa shape index (κ1) is 11.6. The van der Waals surface area contributed by atoms with Gasteiger partial charge in [-0.15, -0.1) is 0 Å². The Morgan fingerprint density at radius 2 is 2.38 bits per heavy atom. The second kappa shape index (κ2) is 4.93. The fourth-order valence-corrected chi connectivity index (χ4v) is 2.04. The van der Waals surface area contributed by atoms with Crippen molar-refractivity contribution in [2.45, 2.75) is 18.5 Å². The van der Waals surface area contributed by atoms with Gasteiger partial charge in [-0.1, -0.05) is 24.3 Å². The molecule has 1 aliphatic heterocycles. The molecular weight excluding hydrogens is 205 g/mol. The highest BCUT2D eigenvalue weighted by Gasteiger charge is 2.36. The number of halogens is 1. The minimum Gasteiger partial charge on any atom is -0.378 e. The van der Waals surface area contributed by atoms with Crippen molar-refractivity contribution in [1.82, 2.24) is 5.32 Å². The molecule has 1 unspecified atom stereocenters. The van der Waals surface area contributed by atoms with E-state index in [1.807, 2.05) is 31.3 Å². The molecule has 0 aromatic heterocycles. The minimum absolute atomic E-state index is 0.197. The van der Waals surface area contributed by atoms with E-state index in [4.69, 9.17) is 4.74 Å². The fourth-order valence-electron chi connectivity index (χ4n) is 2.04. The van der Waals surface area contributed by atoms with E-state index in [1.165, 1.54) is 5.56 Å². The molecule has 3 heteroatoms. The molecule has 2 nitrogen and oxygen atoms in total. The van der Waals surface area contributed by atoms with Crippen LogP contribution in [0, 0.1) is 0 Å². The molecule has 1 saturated heterocycles. The van der Waals surface area contributed by atoms with Crippen molar-refractivity contribution in [3.63, 3.8) is 0 Å². The van der Waals surface area contributed by atoms with Crippen molar-refractivity contribution in [2.24, 2.45) is 0 Å². The lowest BCUT2D eigenvalue weighted by Crippen LogP contribution is -2.20. The Morgan fingerprint density at radius 3 is 3.06 bits per heavy atom. The first-order chi connectivity index (χ1) is 7.74. The van der Waals surface area contributed by atoms with Crippen LogP contribution in [0.3, 0.4) is 0 Å². The van der Waals surface area contributed by atoms with E-state index in [-0.39, 0.29) is 6.61 Å². The number of benzene rings is 1. The molecule has 1 fully saturated rings. The lowest BCUT2D eigenvalue weighted by Gasteiger charge is -2.18. The molecule has 0 aliphatic carbocycles. The fraction of sp³-hybridized carbons (Fsp3) is 0.538. The lowest BCUT2D eigenvalue weighted by molar-refractivity contribution is 0.112. The van der Waals surface area contributed by atoms with Gasteiger partial charge in [-0.3, -0.25) is 0 Å². The predicted octanol–water partition coefficient (Wildman–Crippen LogP) is 2.03. The maximum absolute atomic E-state index is 14.4. The van der Waals surface area contributed by atoms with Crippen LogP contribution in [0.1, 0.15) is 17.5 Å². The highest BCUT2D eigenvalue weighted by Crippen LogP contribution is 2.34. The van der Waals surface area contributed by atoms with E-state index in [9.17, 15) is 4.39 Å². The highest BCUT2D eigenvalue weighted by atomic mass is 19.1. The van der Waals surface area contributed by atoms with Gasteiger partial charge in [0.05, 0.1) is 13.2 Å². The summed E-state index contributed by atoms with van der Waals surface area (Å²) >= 11 is 0. The van der Waals surface area contributed by atoms with E-state index in [2.05, 4.69) is 5.32 Å². The maximum Gasteiger partial charge on any atom is 0.161 e. The molecule has 0 saturated carbocycles. The van der Waals surface area contributed by atoms with Gasteiger partial charge in [-0.05, 0) is 31.1 Å². The largest absolute Gasteiger partial charge is 0.378 e. The molecule has 1 heterocycles. The molecule has 16 heavy (non-hydrogen) atoms. The molecule has 0 spiro atoms. The summed E-state index contributed by atoms with van der Waals surface area (Å²) < 4.78 is 19.6.